The van der Waals surface area contributed by atoms with Gasteiger partial charge in [0.15, 0.2) is 0 Å². The van der Waals surface area contributed by atoms with E-state index in [2.05, 4.69) is 24.1 Å². The number of carbonyl (C=O) groups is 2. The summed E-state index contributed by atoms with van der Waals surface area (Å²) in [6, 6.07) is 9.95. The van der Waals surface area contributed by atoms with Crippen LogP contribution in [0.3, 0.4) is 0 Å². The van der Waals surface area contributed by atoms with Crippen LogP contribution < -0.4 is 5.32 Å². The Balaban J connectivity index is 1.50. The Morgan fingerprint density at radius 2 is 1.85 bits per heavy atom. The summed E-state index contributed by atoms with van der Waals surface area (Å²) < 4.78 is 0. The maximum absolute atomic E-state index is 12.6. The summed E-state index contributed by atoms with van der Waals surface area (Å²) in [5.74, 6) is -0.147. The number of rotatable bonds is 6. The van der Waals surface area contributed by atoms with Gasteiger partial charge in [0.2, 0.25) is 11.8 Å². The Bertz CT molecular complexity index is 623. The maximum Gasteiger partial charge on any atom is 0.225 e. The first-order valence-corrected chi connectivity index (χ1v) is 9.80. The van der Waals surface area contributed by atoms with E-state index < -0.39 is 0 Å². The predicted octanol–water partition coefficient (Wildman–Crippen LogP) is 2.42. The fourth-order valence-corrected chi connectivity index (χ4v) is 3.96. The molecule has 26 heavy (non-hydrogen) atoms. The summed E-state index contributed by atoms with van der Waals surface area (Å²) in [7, 11) is 0. The molecule has 5 nitrogen and oxygen atoms in total. The monoisotopic (exact) mass is 357 g/mol. The first-order valence-electron chi connectivity index (χ1n) is 9.80. The van der Waals surface area contributed by atoms with E-state index in [1.165, 1.54) is 19.3 Å². The molecular weight excluding hydrogens is 326 g/mol. The molecule has 2 amide bonds. The molecule has 2 saturated heterocycles. The number of piperidine rings is 1. The lowest BCUT2D eigenvalue weighted by Crippen LogP contribution is -2.54. The van der Waals surface area contributed by atoms with Crippen molar-refractivity contribution in [2.24, 2.45) is 5.92 Å². The Hall–Kier alpha value is -1.88. The highest BCUT2D eigenvalue weighted by Gasteiger charge is 2.35. The highest BCUT2D eigenvalue weighted by atomic mass is 16.2. The lowest BCUT2D eigenvalue weighted by atomic mass is 9.98. The molecule has 0 radical (unpaired) electrons. The van der Waals surface area contributed by atoms with Crippen molar-refractivity contribution in [3.05, 3.63) is 35.9 Å². The minimum Gasteiger partial charge on any atom is -0.354 e. The van der Waals surface area contributed by atoms with Crippen molar-refractivity contribution in [3.8, 4) is 0 Å². The number of amides is 2. The quantitative estimate of drug-likeness (QED) is 0.851. The summed E-state index contributed by atoms with van der Waals surface area (Å²) in [6.07, 6.45) is 4.11. The lowest BCUT2D eigenvalue weighted by molar-refractivity contribution is -0.129. The third-order valence-electron chi connectivity index (χ3n) is 5.71. The van der Waals surface area contributed by atoms with Gasteiger partial charge in [0, 0.05) is 31.6 Å². The summed E-state index contributed by atoms with van der Waals surface area (Å²) in [4.78, 5) is 29.2. The van der Waals surface area contributed by atoms with Crippen LogP contribution in [0.5, 0.6) is 0 Å². The largest absolute Gasteiger partial charge is 0.354 e. The van der Waals surface area contributed by atoms with Crippen LogP contribution >= 0.6 is 0 Å². The van der Waals surface area contributed by atoms with E-state index in [0.29, 0.717) is 26.1 Å². The molecule has 2 aliphatic heterocycles. The van der Waals surface area contributed by atoms with E-state index in [4.69, 9.17) is 0 Å². The van der Waals surface area contributed by atoms with E-state index >= 15 is 0 Å². The van der Waals surface area contributed by atoms with E-state index in [1.54, 1.807) is 4.90 Å². The van der Waals surface area contributed by atoms with Gasteiger partial charge >= 0.3 is 0 Å². The van der Waals surface area contributed by atoms with Crippen molar-refractivity contribution in [1.29, 1.82) is 0 Å². The molecule has 0 bridgehead atoms. The zero-order valence-corrected chi connectivity index (χ0v) is 16.0. The van der Waals surface area contributed by atoms with Crippen LogP contribution in [0.1, 0.15) is 45.1 Å². The number of nitrogens with one attached hydrogen (secondary N) is 1. The van der Waals surface area contributed by atoms with Crippen LogP contribution in [-0.2, 0) is 16.1 Å². The number of benzene rings is 1. The molecule has 2 heterocycles. The average molecular weight is 357 g/mol. The third kappa shape index (κ3) is 4.64. The summed E-state index contributed by atoms with van der Waals surface area (Å²) in [6.45, 7) is 8.34. The van der Waals surface area contributed by atoms with Gasteiger partial charge in [0.05, 0.1) is 5.92 Å². The molecule has 0 aliphatic carbocycles. The minimum atomic E-state index is -0.233. The van der Waals surface area contributed by atoms with Gasteiger partial charge in [-0.3, -0.25) is 14.5 Å². The smallest absolute Gasteiger partial charge is 0.225 e. The molecule has 0 aromatic heterocycles. The molecule has 0 spiro atoms. The summed E-state index contributed by atoms with van der Waals surface area (Å²) in [5.41, 5.74) is 1.07. The maximum atomic E-state index is 12.6. The molecular formula is C21H31N3O2. The Kier molecular flexibility index (Phi) is 5.97. The van der Waals surface area contributed by atoms with Gasteiger partial charge in [0.25, 0.3) is 0 Å². The predicted molar refractivity (Wildman–Crippen MR) is 102 cm³/mol. The molecule has 1 atom stereocenters. The zero-order chi connectivity index (χ0) is 18.6. The van der Waals surface area contributed by atoms with Gasteiger partial charge < -0.3 is 10.2 Å². The normalized spacial score (nSPS) is 21.8. The van der Waals surface area contributed by atoms with Crippen LogP contribution in [0.15, 0.2) is 30.3 Å². The molecule has 1 N–H and O–H groups in total. The fourth-order valence-electron chi connectivity index (χ4n) is 3.96. The van der Waals surface area contributed by atoms with Gasteiger partial charge in [-0.05, 0) is 45.3 Å². The molecule has 5 heteroatoms. The number of nitrogens with zero attached hydrogens (tertiary/aromatic N) is 2. The van der Waals surface area contributed by atoms with E-state index in [1.807, 2.05) is 30.3 Å². The lowest BCUT2D eigenvalue weighted by Gasteiger charge is -2.41. The first-order chi connectivity index (χ1) is 12.5. The average Bonchev–Trinajstić information content (AvgIpc) is 3.02. The summed E-state index contributed by atoms with van der Waals surface area (Å²) in [5, 5.41) is 3.11. The fraction of sp³-hybridized carbons (Fsp3) is 0.619. The summed E-state index contributed by atoms with van der Waals surface area (Å²) >= 11 is 0. The minimum absolute atomic E-state index is 0.0130. The number of carbonyl (C=O) groups excluding carboxylic acids is 2. The molecule has 2 aliphatic rings. The SMILES string of the molecule is CC(C)(CNC(=O)C1CC(=O)N(Cc2ccccc2)C1)N1CCCCC1. The van der Waals surface area contributed by atoms with Crippen molar-refractivity contribution in [2.45, 2.75) is 51.6 Å². The van der Waals surface area contributed by atoms with E-state index in [-0.39, 0.29) is 23.3 Å². The van der Waals surface area contributed by atoms with Crippen LogP contribution in [0.2, 0.25) is 0 Å². The second-order valence-electron chi connectivity index (χ2n) is 8.24. The van der Waals surface area contributed by atoms with Crippen molar-refractivity contribution in [3.63, 3.8) is 0 Å². The molecule has 1 aromatic carbocycles. The molecule has 1 aromatic rings. The van der Waals surface area contributed by atoms with Gasteiger partial charge in [-0.15, -0.1) is 0 Å². The Morgan fingerprint density at radius 1 is 1.15 bits per heavy atom. The molecule has 142 valence electrons. The Morgan fingerprint density at radius 3 is 2.54 bits per heavy atom. The van der Waals surface area contributed by atoms with Gasteiger partial charge in [0.1, 0.15) is 0 Å². The number of hydrogen-bond acceptors (Lipinski definition) is 3. The standard InChI is InChI=1S/C21H31N3O2/c1-21(2,24-11-7-4-8-12-24)16-22-20(26)18-13-19(25)23(15-18)14-17-9-5-3-6-10-17/h3,5-6,9-10,18H,4,7-8,11-16H2,1-2H3,(H,22,26). The van der Waals surface area contributed by atoms with Gasteiger partial charge in [-0.1, -0.05) is 36.8 Å². The van der Waals surface area contributed by atoms with Gasteiger partial charge in [-0.2, -0.15) is 0 Å². The molecule has 3 rings (SSSR count). The van der Waals surface area contributed by atoms with Crippen molar-refractivity contribution in [1.82, 2.24) is 15.1 Å². The van der Waals surface area contributed by atoms with E-state index in [9.17, 15) is 9.59 Å². The van der Waals surface area contributed by atoms with Gasteiger partial charge in [-0.25, -0.2) is 0 Å². The molecule has 2 fully saturated rings. The number of likely N-dealkylation sites (tertiary alicyclic amines) is 2. The highest BCUT2D eigenvalue weighted by Crippen LogP contribution is 2.22. The zero-order valence-electron chi connectivity index (χ0n) is 16.0. The van der Waals surface area contributed by atoms with Crippen molar-refractivity contribution < 1.29 is 9.59 Å². The van der Waals surface area contributed by atoms with Crippen molar-refractivity contribution >= 4 is 11.8 Å². The van der Waals surface area contributed by atoms with Crippen LogP contribution in [0, 0.1) is 5.92 Å². The number of hydrogen-bond donors (Lipinski definition) is 1. The van der Waals surface area contributed by atoms with E-state index in [0.717, 1.165) is 18.7 Å². The second kappa shape index (κ2) is 8.21. The second-order valence-corrected chi connectivity index (χ2v) is 8.24. The van der Waals surface area contributed by atoms with Crippen molar-refractivity contribution in [2.75, 3.05) is 26.2 Å². The topological polar surface area (TPSA) is 52.7 Å². The molecule has 1 unspecified atom stereocenters. The van der Waals surface area contributed by atoms with Crippen LogP contribution in [-0.4, -0.2) is 53.3 Å². The molecule has 0 saturated carbocycles. The van der Waals surface area contributed by atoms with Crippen LogP contribution in [0.4, 0.5) is 0 Å². The first kappa shape index (κ1) is 18.9. The third-order valence-corrected chi connectivity index (χ3v) is 5.71. The van der Waals surface area contributed by atoms with Crippen LogP contribution in [0.25, 0.3) is 0 Å². The highest BCUT2D eigenvalue weighted by molar-refractivity contribution is 5.89. The Labute approximate surface area is 156 Å².